The molecule has 5 nitrogen and oxygen atoms in total. The molecule has 0 aliphatic carbocycles. The number of aromatic amines is 1. The highest BCUT2D eigenvalue weighted by Crippen LogP contribution is 2.13. The Labute approximate surface area is 116 Å². The van der Waals surface area contributed by atoms with Gasteiger partial charge < -0.3 is 10.2 Å². The lowest BCUT2D eigenvalue weighted by molar-refractivity contribution is 0.403. The van der Waals surface area contributed by atoms with Crippen molar-refractivity contribution in [1.82, 2.24) is 20.5 Å². The van der Waals surface area contributed by atoms with Crippen LogP contribution in [0.3, 0.4) is 0 Å². The van der Waals surface area contributed by atoms with Crippen LogP contribution in [0.25, 0.3) is 0 Å². The van der Waals surface area contributed by atoms with Crippen molar-refractivity contribution in [3.8, 4) is 0 Å². The minimum absolute atomic E-state index is 0.496. The summed E-state index contributed by atoms with van der Waals surface area (Å²) in [5, 5.41) is 11.0. The van der Waals surface area contributed by atoms with Gasteiger partial charge in [-0.25, -0.2) is 0 Å². The Hall–Kier alpha value is -1.10. The molecule has 1 aromatic rings. The summed E-state index contributed by atoms with van der Waals surface area (Å²) in [6, 6.07) is 0.991. The second-order valence-electron chi connectivity index (χ2n) is 5.77. The second-order valence-corrected chi connectivity index (χ2v) is 5.77. The van der Waals surface area contributed by atoms with Crippen LogP contribution in [0.15, 0.2) is 0 Å². The first-order valence-corrected chi connectivity index (χ1v) is 7.61. The van der Waals surface area contributed by atoms with Gasteiger partial charge in [-0.05, 0) is 20.3 Å². The predicted molar refractivity (Wildman–Crippen MR) is 78.5 cm³/mol. The van der Waals surface area contributed by atoms with Gasteiger partial charge in [0.15, 0.2) is 0 Å². The standard InChI is InChI=1S/C14H27N5/c1-4-5-6-7-8-13-16-14(18-17-13)19-9-11(2)15-12(3)10-19/h11-12,15H,4-10H2,1-3H3,(H,16,17,18). The topological polar surface area (TPSA) is 56.8 Å². The molecule has 1 aliphatic rings. The van der Waals surface area contributed by atoms with Crippen molar-refractivity contribution in [2.45, 2.75) is 65.0 Å². The molecule has 1 aromatic heterocycles. The Morgan fingerprint density at radius 3 is 2.58 bits per heavy atom. The predicted octanol–water partition coefficient (Wildman–Crippen LogP) is 2.11. The molecule has 2 heterocycles. The van der Waals surface area contributed by atoms with E-state index in [1.807, 2.05) is 0 Å². The Morgan fingerprint density at radius 1 is 1.16 bits per heavy atom. The van der Waals surface area contributed by atoms with E-state index in [0.29, 0.717) is 12.1 Å². The molecule has 2 rings (SSSR count). The summed E-state index contributed by atoms with van der Waals surface area (Å²) in [5.74, 6) is 1.90. The van der Waals surface area contributed by atoms with E-state index in [2.05, 4.69) is 46.2 Å². The van der Waals surface area contributed by atoms with Gasteiger partial charge in [0.2, 0.25) is 5.95 Å². The van der Waals surface area contributed by atoms with Crippen molar-refractivity contribution < 1.29 is 0 Å². The molecule has 5 heteroatoms. The number of nitrogens with one attached hydrogen (secondary N) is 2. The minimum atomic E-state index is 0.496. The Kier molecular flexibility index (Phi) is 5.19. The molecule has 0 aromatic carbocycles. The number of rotatable bonds is 6. The first-order chi connectivity index (χ1) is 9.19. The van der Waals surface area contributed by atoms with Gasteiger partial charge in [0.25, 0.3) is 0 Å². The maximum Gasteiger partial charge on any atom is 0.244 e. The lowest BCUT2D eigenvalue weighted by Crippen LogP contribution is -2.54. The Morgan fingerprint density at radius 2 is 1.89 bits per heavy atom. The van der Waals surface area contributed by atoms with E-state index in [0.717, 1.165) is 31.3 Å². The lowest BCUT2D eigenvalue weighted by Gasteiger charge is -2.35. The van der Waals surface area contributed by atoms with Gasteiger partial charge in [-0.2, -0.15) is 4.98 Å². The minimum Gasteiger partial charge on any atom is -0.336 e. The Bertz CT molecular complexity index is 366. The van der Waals surface area contributed by atoms with Crippen LogP contribution in [0.4, 0.5) is 5.95 Å². The van der Waals surface area contributed by atoms with Crippen molar-refractivity contribution in [3.63, 3.8) is 0 Å². The molecule has 1 aliphatic heterocycles. The van der Waals surface area contributed by atoms with Gasteiger partial charge >= 0.3 is 0 Å². The molecular weight excluding hydrogens is 238 g/mol. The van der Waals surface area contributed by atoms with E-state index in [-0.39, 0.29) is 0 Å². The third-order valence-electron chi connectivity index (χ3n) is 3.63. The van der Waals surface area contributed by atoms with Gasteiger partial charge in [-0.3, -0.25) is 5.10 Å². The summed E-state index contributed by atoms with van der Waals surface area (Å²) in [5.41, 5.74) is 0. The molecule has 1 fully saturated rings. The molecule has 19 heavy (non-hydrogen) atoms. The molecule has 1 saturated heterocycles. The van der Waals surface area contributed by atoms with Crippen LogP contribution < -0.4 is 10.2 Å². The van der Waals surface area contributed by atoms with Gasteiger partial charge in [-0.1, -0.05) is 26.2 Å². The van der Waals surface area contributed by atoms with Crippen LogP contribution >= 0.6 is 0 Å². The molecule has 2 atom stereocenters. The van der Waals surface area contributed by atoms with E-state index in [4.69, 9.17) is 0 Å². The number of H-pyrrole nitrogens is 1. The largest absolute Gasteiger partial charge is 0.336 e. The van der Waals surface area contributed by atoms with E-state index >= 15 is 0 Å². The number of unbranched alkanes of at least 4 members (excludes halogenated alkanes) is 3. The number of aromatic nitrogens is 3. The fraction of sp³-hybridized carbons (Fsp3) is 0.857. The number of piperazine rings is 1. The summed E-state index contributed by atoms with van der Waals surface area (Å²) < 4.78 is 0. The normalized spacial score (nSPS) is 23.8. The highest BCUT2D eigenvalue weighted by Gasteiger charge is 2.23. The number of aryl methyl sites for hydroxylation is 1. The van der Waals surface area contributed by atoms with Crippen molar-refractivity contribution in [2.75, 3.05) is 18.0 Å². The summed E-state index contributed by atoms with van der Waals surface area (Å²) >= 11 is 0. The highest BCUT2D eigenvalue weighted by molar-refractivity contribution is 5.30. The van der Waals surface area contributed by atoms with Crippen LogP contribution in [0.5, 0.6) is 0 Å². The molecular formula is C14H27N5. The average molecular weight is 265 g/mol. The van der Waals surface area contributed by atoms with Crippen LogP contribution in [-0.2, 0) is 6.42 Å². The molecule has 2 N–H and O–H groups in total. The zero-order chi connectivity index (χ0) is 13.7. The average Bonchev–Trinajstić information content (AvgIpc) is 2.82. The molecule has 0 amide bonds. The quantitative estimate of drug-likeness (QED) is 0.774. The van der Waals surface area contributed by atoms with E-state index in [9.17, 15) is 0 Å². The second kappa shape index (κ2) is 6.89. The molecule has 0 spiro atoms. The van der Waals surface area contributed by atoms with Crippen molar-refractivity contribution in [1.29, 1.82) is 0 Å². The van der Waals surface area contributed by atoms with Crippen LogP contribution in [0.1, 0.15) is 52.3 Å². The fourth-order valence-electron chi connectivity index (χ4n) is 2.75. The zero-order valence-corrected chi connectivity index (χ0v) is 12.4. The molecule has 0 bridgehead atoms. The maximum atomic E-state index is 4.63. The zero-order valence-electron chi connectivity index (χ0n) is 12.4. The van der Waals surface area contributed by atoms with Crippen LogP contribution in [0, 0.1) is 0 Å². The van der Waals surface area contributed by atoms with Crippen LogP contribution in [0.2, 0.25) is 0 Å². The number of hydrogen-bond donors (Lipinski definition) is 2. The summed E-state index contributed by atoms with van der Waals surface area (Å²) in [6.45, 7) is 8.62. The maximum absolute atomic E-state index is 4.63. The fourth-order valence-corrected chi connectivity index (χ4v) is 2.75. The van der Waals surface area contributed by atoms with Crippen molar-refractivity contribution in [3.05, 3.63) is 5.82 Å². The molecule has 108 valence electrons. The third kappa shape index (κ3) is 4.20. The van der Waals surface area contributed by atoms with Gasteiger partial charge in [0, 0.05) is 31.6 Å². The molecule has 2 unspecified atom stereocenters. The van der Waals surface area contributed by atoms with Gasteiger partial charge in [-0.15, -0.1) is 5.10 Å². The lowest BCUT2D eigenvalue weighted by atomic mass is 10.1. The molecule has 0 radical (unpaired) electrons. The summed E-state index contributed by atoms with van der Waals surface area (Å²) in [7, 11) is 0. The summed E-state index contributed by atoms with van der Waals surface area (Å²) in [4.78, 5) is 6.91. The first-order valence-electron chi connectivity index (χ1n) is 7.61. The molecule has 0 saturated carbocycles. The summed E-state index contributed by atoms with van der Waals surface area (Å²) in [6.07, 6.45) is 6.10. The number of nitrogens with zero attached hydrogens (tertiary/aromatic N) is 3. The van der Waals surface area contributed by atoms with Gasteiger partial charge in [0.1, 0.15) is 5.82 Å². The number of anilines is 1. The third-order valence-corrected chi connectivity index (χ3v) is 3.63. The first kappa shape index (κ1) is 14.3. The Balaban J connectivity index is 1.85. The van der Waals surface area contributed by atoms with Gasteiger partial charge in [0.05, 0.1) is 0 Å². The van der Waals surface area contributed by atoms with E-state index in [1.165, 1.54) is 25.7 Å². The van der Waals surface area contributed by atoms with E-state index in [1.54, 1.807) is 0 Å². The smallest absolute Gasteiger partial charge is 0.244 e. The SMILES string of the molecule is CCCCCCc1nc(N2CC(C)NC(C)C2)n[nH]1. The van der Waals surface area contributed by atoms with E-state index < -0.39 is 0 Å². The monoisotopic (exact) mass is 265 g/mol. The van der Waals surface area contributed by atoms with Crippen LogP contribution in [-0.4, -0.2) is 40.4 Å². The van der Waals surface area contributed by atoms with Crippen molar-refractivity contribution in [2.24, 2.45) is 0 Å². The number of hydrogen-bond acceptors (Lipinski definition) is 4. The highest BCUT2D eigenvalue weighted by atomic mass is 15.4. The van der Waals surface area contributed by atoms with Crippen molar-refractivity contribution >= 4 is 5.95 Å².